The van der Waals surface area contributed by atoms with Gasteiger partial charge in [0.15, 0.2) is 0 Å². The Morgan fingerprint density at radius 2 is 2.13 bits per heavy atom. The molecule has 0 fully saturated rings. The van der Waals surface area contributed by atoms with E-state index in [0.717, 1.165) is 6.39 Å². The Morgan fingerprint density at radius 3 is 2.83 bits per heavy atom. The van der Waals surface area contributed by atoms with Crippen LogP contribution in [0.15, 0.2) is 64.4 Å². The Hall–Kier alpha value is -3.63. The van der Waals surface area contributed by atoms with Gasteiger partial charge in [-0.1, -0.05) is 22.8 Å². The summed E-state index contributed by atoms with van der Waals surface area (Å²) in [5.41, 5.74) is 1.04. The zero-order valence-corrected chi connectivity index (χ0v) is 16.0. The van der Waals surface area contributed by atoms with Crippen molar-refractivity contribution in [2.24, 2.45) is 0 Å². The van der Waals surface area contributed by atoms with Crippen LogP contribution in [0.1, 0.15) is 11.6 Å². The Bertz CT molecular complexity index is 1230. The van der Waals surface area contributed by atoms with E-state index in [1.54, 1.807) is 18.2 Å². The van der Waals surface area contributed by atoms with Gasteiger partial charge in [-0.25, -0.2) is 14.4 Å². The molecule has 11 heteroatoms. The van der Waals surface area contributed by atoms with E-state index in [1.165, 1.54) is 35.2 Å². The molecule has 0 aliphatic heterocycles. The van der Waals surface area contributed by atoms with Crippen molar-refractivity contribution in [2.45, 2.75) is 6.04 Å². The summed E-state index contributed by atoms with van der Waals surface area (Å²) in [4.78, 5) is 21.1. The number of aromatic nitrogens is 5. The van der Waals surface area contributed by atoms with E-state index >= 15 is 0 Å². The minimum Gasteiger partial charge on any atom is -0.411 e. The molecule has 0 spiro atoms. The number of hydrogen-bond acceptors (Lipinski definition) is 8. The molecule has 2 N–H and O–H groups in total. The molecule has 9 nitrogen and oxygen atoms in total. The molecular weight excluding hydrogens is 415 g/mol. The molecule has 4 aromatic rings. The number of nitrogens with one attached hydrogen (secondary N) is 1. The fourth-order valence-corrected chi connectivity index (χ4v) is 3.00. The van der Waals surface area contributed by atoms with Gasteiger partial charge in [-0.15, -0.1) is 5.10 Å². The number of hydrogen-bond donors (Lipinski definition) is 2. The Kier molecular flexibility index (Phi) is 5.50. The highest BCUT2D eigenvalue weighted by Crippen LogP contribution is 2.23. The van der Waals surface area contributed by atoms with Gasteiger partial charge < -0.3 is 14.1 Å². The number of pyridine rings is 1. The molecule has 1 unspecified atom stereocenters. The van der Waals surface area contributed by atoms with E-state index in [-0.39, 0.29) is 17.0 Å². The summed E-state index contributed by atoms with van der Waals surface area (Å²) in [5.74, 6) is -0.412. The van der Waals surface area contributed by atoms with Gasteiger partial charge in [0.25, 0.3) is 5.56 Å². The first-order valence-corrected chi connectivity index (χ1v) is 9.07. The number of aliphatic hydroxyl groups excluding tert-OH is 1. The molecule has 0 amide bonds. The van der Waals surface area contributed by atoms with E-state index in [2.05, 4.69) is 25.5 Å². The number of halogens is 2. The topological polar surface area (TPSA) is 119 Å². The lowest BCUT2D eigenvalue weighted by atomic mass is 10.1. The average molecular weight is 429 g/mol. The molecule has 30 heavy (non-hydrogen) atoms. The fraction of sp³-hybridized carbons (Fsp3) is 0.105. The van der Waals surface area contributed by atoms with Crippen molar-refractivity contribution in [1.29, 1.82) is 0 Å². The van der Waals surface area contributed by atoms with E-state index in [1.807, 2.05) is 0 Å². The second-order valence-electron chi connectivity index (χ2n) is 6.17. The number of rotatable bonds is 6. The molecule has 0 saturated carbocycles. The van der Waals surface area contributed by atoms with Crippen molar-refractivity contribution in [3.63, 3.8) is 0 Å². The predicted molar refractivity (Wildman–Crippen MR) is 106 cm³/mol. The van der Waals surface area contributed by atoms with E-state index in [9.17, 15) is 14.3 Å². The lowest BCUT2D eigenvalue weighted by Crippen LogP contribution is -2.27. The lowest BCUT2D eigenvalue weighted by molar-refractivity contribution is 0.247. The largest absolute Gasteiger partial charge is 0.411 e. The molecule has 3 heterocycles. The predicted octanol–water partition coefficient (Wildman–Crippen LogP) is 2.81. The molecule has 4 rings (SSSR count). The third kappa shape index (κ3) is 4.04. The maximum atomic E-state index is 13.8. The van der Waals surface area contributed by atoms with Gasteiger partial charge in [0.1, 0.15) is 5.82 Å². The molecule has 0 aliphatic carbocycles. The van der Waals surface area contributed by atoms with Crippen molar-refractivity contribution in [3.8, 4) is 11.3 Å². The summed E-state index contributed by atoms with van der Waals surface area (Å²) in [6, 6.07) is 8.17. The average Bonchev–Trinajstić information content (AvgIpc) is 3.25. The minimum atomic E-state index is -0.765. The molecular formula is C19H14ClFN6O3. The third-order valence-electron chi connectivity index (χ3n) is 4.32. The normalized spacial score (nSPS) is 12.0. The Morgan fingerprint density at radius 1 is 1.27 bits per heavy atom. The van der Waals surface area contributed by atoms with Gasteiger partial charge in [-0.3, -0.25) is 10.1 Å². The second-order valence-corrected chi connectivity index (χ2v) is 6.57. The van der Waals surface area contributed by atoms with Crippen molar-refractivity contribution >= 4 is 23.6 Å². The van der Waals surface area contributed by atoms with Gasteiger partial charge >= 0.3 is 6.01 Å². The fourth-order valence-electron chi connectivity index (χ4n) is 2.88. The van der Waals surface area contributed by atoms with E-state index < -0.39 is 24.0 Å². The quantitative estimate of drug-likeness (QED) is 0.481. The number of benzene rings is 1. The standard InChI is InChI=1S/C19H14ClFN6O3/c20-13-2-1-12(7-14(13)21)16(9-28)27-6-4-11(8-17(27)29)15-3-5-22-18(24-15)25-19-26-23-10-30-19/h1-8,10,16,28H,9H2,(H,22,24,25,26). The smallest absolute Gasteiger partial charge is 0.322 e. The van der Waals surface area contributed by atoms with Crippen LogP contribution in [-0.4, -0.2) is 36.4 Å². The van der Waals surface area contributed by atoms with Crippen LogP contribution in [0.25, 0.3) is 11.3 Å². The van der Waals surface area contributed by atoms with Crippen molar-refractivity contribution < 1.29 is 13.9 Å². The molecule has 1 aromatic carbocycles. The highest BCUT2D eigenvalue weighted by Gasteiger charge is 2.16. The van der Waals surface area contributed by atoms with Crippen LogP contribution in [0.5, 0.6) is 0 Å². The van der Waals surface area contributed by atoms with Crippen LogP contribution in [0.2, 0.25) is 5.02 Å². The van der Waals surface area contributed by atoms with Crippen LogP contribution in [0.4, 0.5) is 16.4 Å². The highest BCUT2D eigenvalue weighted by molar-refractivity contribution is 6.30. The SMILES string of the molecule is O=c1cc(-c2ccnc(Nc3nnco3)n2)ccn1C(CO)c1ccc(Cl)c(F)c1. The Balaban J connectivity index is 1.64. The first-order valence-electron chi connectivity index (χ1n) is 8.70. The zero-order chi connectivity index (χ0) is 21.1. The zero-order valence-electron chi connectivity index (χ0n) is 15.2. The summed E-state index contributed by atoms with van der Waals surface area (Å²) < 4.78 is 20.1. The van der Waals surface area contributed by atoms with Crippen LogP contribution >= 0.6 is 11.6 Å². The highest BCUT2D eigenvalue weighted by atomic mass is 35.5. The molecule has 152 valence electrons. The van der Waals surface area contributed by atoms with Crippen LogP contribution in [-0.2, 0) is 0 Å². The third-order valence-corrected chi connectivity index (χ3v) is 4.62. The Labute approximate surface area is 173 Å². The molecule has 1 atom stereocenters. The molecule has 0 saturated heterocycles. The second kappa shape index (κ2) is 8.39. The summed E-state index contributed by atoms with van der Waals surface area (Å²) in [5, 5.41) is 19.8. The summed E-state index contributed by atoms with van der Waals surface area (Å²) in [6.45, 7) is -0.397. The first-order chi connectivity index (χ1) is 14.5. The van der Waals surface area contributed by atoms with Gasteiger partial charge in [-0.2, -0.15) is 0 Å². The molecule has 0 radical (unpaired) electrons. The van der Waals surface area contributed by atoms with Crippen LogP contribution in [0.3, 0.4) is 0 Å². The van der Waals surface area contributed by atoms with Crippen LogP contribution in [0, 0.1) is 5.82 Å². The van der Waals surface area contributed by atoms with Gasteiger partial charge in [0, 0.05) is 24.0 Å². The number of anilines is 2. The number of aliphatic hydroxyl groups is 1. The molecule has 0 aliphatic rings. The summed E-state index contributed by atoms with van der Waals surface area (Å²) in [6.07, 6.45) is 4.19. The minimum absolute atomic E-state index is 0.0353. The van der Waals surface area contributed by atoms with E-state index in [0.29, 0.717) is 16.8 Å². The lowest BCUT2D eigenvalue weighted by Gasteiger charge is -2.18. The maximum Gasteiger partial charge on any atom is 0.322 e. The summed E-state index contributed by atoms with van der Waals surface area (Å²) >= 11 is 5.72. The summed E-state index contributed by atoms with van der Waals surface area (Å²) in [7, 11) is 0. The first kappa shape index (κ1) is 19.7. The van der Waals surface area contributed by atoms with Gasteiger partial charge in [-0.05, 0) is 29.8 Å². The van der Waals surface area contributed by atoms with Crippen molar-refractivity contribution in [2.75, 3.05) is 11.9 Å². The monoisotopic (exact) mass is 428 g/mol. The van der Waals surface area contributed by atoms with Gasteiger partial charge in [0.2, 0.25) is 12.3 Å². The van der Waals surface area contributed by atoms with Crippen LogP contribution < -0.4 is 10.9 Å². The van der Waals surface area contributed by atoms with Gasteiger partial charge in [0.05, 0.1) is 23.4 Å². The molecule has 0 bridgehead atoms. The van der Waals surface area contributed by atoms with Crippen molar-refractivity contribution in [3.05, 3.63) is 81.9 Å². The van der Waals surface area contributed by atoms with E-state index in [4.69, 9.17) is 16.0 Å². The number of nitrogens with zero attached hydrogens (tertiary/aromatic N) is 5. The molecule has 3 aromatic heterocycles. The maximum absolute atomic E-state index is 13.8. The van der Waals surface area contributed by atoms with Crippen molar-refractivity contribution in [1.82, 2.24) is 24.7 Å².